The van der Waals surface area contributed by atoms with Gasteiger partial charge in [-0.3, -0.25) is 4.79 Å². The van der Waals surface area contributed by atoms with Crippen LogP contribution in [0.5, 0.6) is 5.75 Å². The smallest absolute Gasteiger partial charge is 0.405 e. The number of pyridine rings is 1. The summed E-state index contributed by atoms with van der Waals surface area (Å²) in [5.74, 6) is -3.04. The Morgan fingerprint density at radius 2 is 2.05 bits per heavy atom. The molecule has 19 heavy (non-hydrogen) atoms. The third-order valence-corrected chi connectivity index (χ3v) is 2.15. The summed E-state index contributed by atoms with van der Waals surface area (Å²) in [6.45, 7) is 0. The minimum Gasteiger partial charge on any atom is -0.405 e. The fraction of sp³-hybridized carbons (Fsp3) is 0.333. The second kappa shape index (κ2) is 5.55. The summed E-state index contributed by atoms with van der Waals surface area (Å²) >= 11 is 5.34. The van der Waals surface area contributed by atoms with Crippen molar-refractivity contribution in [3.05, 3.63) is 23.0 Å². The molecule has 1 amide bonds. The zero-order chi connectivity index (χ0) is 14.8. The van der Waals surface area contributed by atoms with E-state index in [-0.39, 0.29) is 0 Å². The highest BCUT2D eigenvalue weighted by Crippen LogP contribution is 2.32. The van der Waals surface area contributed by atoms with E-state index in [2.05, 4.69) is 9.72 Å². The molecule has 0 atom stereocenters. The van der Waals surface area contributed by atoms with Gasteiger partial charge in [-0.15, -0.1) is 24.8 Å². The van der Waals surface area contributed by atoms with E-state index in [0.29, 0.717) is 6.07 Å². The zero-order valence-electron chi connectivity index (χ0n) is 8.97. The number of nitrogens with two attached hydrogens (primary N) is 1. The lowest BCUT2D eigenvalue weighted by molar-refractivity contribution is -0.274. The number of alkyl halides is 6. The molecule has 0 fully saturated rings. The average Bonchev–Trinajstić information content (AvgIpc) is 2.24. The molecule has 1 rings (SSSR count). The van der Waals surface area contributed by atoms with Crippen LogP contribution in [0.1, 0.15) is 28.2 Å². The Hall–Kier alpha value is -1.64. The molecule has 0 unspecified atom stereocenters. The van der Waals surface area contributed by atoms with Crippen molar-refractivity contribution in [1.82, 2.24) is 4.98 Å². The lowest BCUT2D eigenvalue weighted by Crippen LogP contribution is -2.23. The van der Waals surface area contributed by atoms with Gasteiger partial charge in [0.15, 0.2) is 0 Å². The lowest BCUT2D eigenvalue weighted by atomic mass is 10.1. The second-order valence-electron chi connectivity index (χ2n) is 3.21. The van der Waals surface area contributed by atoms with Crippen LogP contribution in [-0.4, -0.2) is 17.3 Å². The molecule has 1 heterocycles. The summed E-state index contributed by atoms with van der Waals surface area (Å²) in [6, 6.07) is 0.300. The quantitative estimate of drug-likeness (QED) is 0.687. The van der Waals surface area contributed by atoms with Gasteiger partial charge in [-0.25, -0.2) is 13.8 Å². The molecule has 1 aromatic rings. The number of carbonyl (C=O) groups is 1. The summed E-state index contributed by atoms with van der Waals surface area (Å²) < 4.78 is 64.8. The topological polar surface area (TPSA) is 65.2 Å². The van der Waals surface area contributed by atoms with Crippen LogP contribution in [0.15, 0.2) is 6.07 Å². The molecule has 0 aliphatic carbocycles. The third kappa shape index (κ3) is 3.91. The van der Waals surface area contributed by atoms with Crippen LogP contribution < -0.4 is 10.5 Å². The van der Waals surface area contributed by atoms with Gasteiger partial charge in [-0.2, -0.15) is 0 Å². The van der Waals surface area contributed by atoms with E-state index in [9.17, 15) is 26.7 Å². The monoisotopic (exact) mass is 304 g/mol. The number of amides is 1. The summed E-state index contributed by atoms with van der Waals surface area (Å²) in [7, 11) is 0. The van der Waals surface area contributed by atoms with Crippen LogP contribution in [-0.2, 0) is 5.88 Å². The van der Waals surface area contributed by atoms with Crippen LogP contribution in [0.3, 0.4) is 0 Å². The number of hydrogen-bond acceptors (Lipinski definition) is 3. The van der Waals surface area contributed by atoms with Crippen LogP contribution in [0, 0.1) is 0 Å². The molecule has 0 spiro atoms. The highest BCUT2D eigenvalue weighted by molar-refractivity contribution is 6.17. The molecule has 0 saturated heterocycles. The molecule has 1 aromatic heterocycles. The van der Waals surface area contributed by atoms with Gasteiger partial charge in [0, 0.05) is 6.07 Å². The predicted molar refractivity (Wildman–Crippen MR) is 54.0 cm³/mol. The van der Waals surface area contributed by atoms with Crippen molar-refractivity contribution < 1.29 is 31.5 Å². The third-order valence-electron chi connectivity index (χ3n) is 1.90. The van der Waals surface area contributed by atoms with Crippen molar-refractivity contribution in [2.45, 2.75) is 18.7 Å². The van der Waals surface area contributed by atoms with Gasteiger partial charge < -0.3 is 10.5 Å². The normalized spacial score (nSPS) is 11.7. The number of ether oxygens (including phenoxy) is 1. The molecular weight excluding hydrogens is 299 g/mol. The Balaban J connectivity index is 3.45. The summed E-state index contributed by atoms with van der Waals surface area (Å²) in [5, 5.41) is 0. The van der Waals surface area contributed by atoms with E-state index in [1.807, 2.05) is 0 Å². The molecule has 0 bridgehead atoms. The molecule has 106 valence electrons. The standard InChI is InChI=1S/C9H6ClF5N2O2/c10-2-4-6(8(16)18)5(19-9(13,14)15)1-3(17-4)7(11)12/h1,7H,2H2,(H2,16,18). The van der Waals surface area contributed by atoms with Crippen molar-refractivity contribution in [1.29, 1.82) is 0 Å². The number of primary amides is 1. The first-order valence-corrected chi connectivity index (χ1v) is 5.12. The Bertz CT molecular complexity index is 492. The van der Waals surface area contributed by atoms with E-state index in [4.69, 9.17) is 17.3 Å². The lowest BCUT2D eigenvalue weighted by Gasteiger charge is -2.15. The van der Waals surface area contributed by atoms with Crippen LogP contribution in [0.25, 0.3) is 0 Å². The zero-order valence-corrected chi connectivity index (χ0v) is 9.73. The van der Waals surface area contributed by atoms with Gasteiger partial charge in [0.25, 0.3) is 12.3 Å². The van der Waals surface area contributed by atoms with Crippen molar-refractivity contribution >= 4 is 17.5 Å². The molecule has 2 N–H and O–H groups in total. The van der Waals surface area contributed by atoms with Crippen molar-refractivity contribution in [2.75, 3.05) is 0 Å². The molecule has 4 nitrogen and oxygen atoms in total. The van der Waals surface area contributed by atoms with E-state index >= 15 is 0 Å². The van der Waals surface area contributed by atoms with Crippen LogP contribution >= 0.6 is 11.6 Å². The molecule has 0 aromatic carbocycles. The van der Waals surface area contributed by atoms with E-state index in [1.165, 1.54) is 0 Å². The first-order chi connectivity index (χ1) is 8.65. The van der Waals surface area contributed by atoms with Crippen LogP contribution in [0.2, 0.25) is 0 Å². The van der Waals surface area contributed by atoms with Crippen molar-refractivity contribution in [3.63, 3.8) is 0 Å². The molecule has 0 aliphatic rings. The minimum absolute atomic E-state index is 0.300. The predicted octanol–water partition coefficient (Wildman–Crippen LogP) is 2.76. The Morgan fingerprint density at radius 1 is 1.47 bits per heavy atom. The molecule has 0 aliphatic heterocycles. The number of rotatable bonds is 4. The maximum atomic E-state index is 12.5. The highest BCUT2D eigenvalue weighted by atomic mass is 35.5. The van der Waals surface area contributed by atoms with Gasteiger partial charge in [0.1, 0.15) is 17.0 Å². The molecular formula is C9H6ClF5N2O2. The largest absolute Gasteiger partial charge is 0.573 e. The van der Waals surface area contributed by atoms with Crippen molar-refractivity contribution in [3.8, 4) is 5.75 Å². The SMILES string of the molecule is NC(=O)c1c(OC(F)(F)F)cc(C(F)F)nc1CCl. The molecule has 0 radical (unpaired) electrons. The van der Waals surface area contributed by atoms with Gasteiger partial charge >= 0.3 is 6.36 Å². The average molecular weight is 305 g/mol. The number of aromatic nitrogens is 1. The highest BCUT2D eigenvalue weighted by Gasteiger charge is 2.34. The fourth-order valence-electron chi connectivity index (χ4n) is 1.27. The summed E-state index contributed by atoms with van der Waals surface area (Å²) in [6.07, 6.45) is -8.33. The first-order valence-electron chi connectivity index (χ1n) is 4.59. The first kappa shape index (κ1) is 15.4. The maximum absolute atomic E-state index is 12.5. The number of hydrogen-bond donors (Lipinski definition) is 1. The summed E-state index contributed by atoms with van der Waals surface area (Å²) in [4.78, 5) is 14.3. The Kier molecular flexibility index (Phi) is 4.51. The number of nitrogens with zero attached hydrogens (tertiary/aromatic N) is 1. The van der Waals surface area contributed by atoms with Gasteiger partial charge in [-0.1, -0.05) is 0 Å². The maximum Gasteiger partial charge on any atom is 0.573 e. The Labute approximate surface area is 108 Å². The molecule has 10 heteroatoms. The van der Waals surface area contributed by atoms with Gasteiger partial charge in [0.2, 0.25) is 0 Å². The van der Waals surface area contributed by atoms with Gasteiger partial charge in [-0.05, 0) is 0 Å². The minimum atomic E-state index is -5.17. The van der Waals surface area contributed by atoms with Gasteiger partial charge in [0.05, 0.1) is 11.6 Å². The van der Waals surface area contributed by atoms with E-state index in [1.54, 1.807) is 0 Å². The fourth-order valence-corrected chi connectivity index (χ4v) is 1.46. The number of halogens is 6. The molecule has 0 saturated carbocycles. The van der Waals surface area contributed by atoms with E-state index in [0.717, 1.165) is 0 Å². The second-order valence-corrected chi connectivity index (χ2v) is 3.48. The Morgan fingerprint density at radius 3 is 2.42 bits per heavy atom. The van der Waals surface area contributed by atoms with Crippen LogP contribution in [0.4, 0.5) is 22.0 Å². The van der Waals surface area contributed by atoms with Crippen molar-refractivity contribution in [2.24, 2.45) is 5.73 Å². The van der Waals surface area contributed by atoms with E-state index < -0.39 is 47.3 Å². The summed E-state index contributed by atoms with van der Waals surface area (Å²) in [5.41, 5.74) is 2.57. The number of carbonyl (C=O) groups excluding carboxylic acids is 1.